The molecule has 1 aliphatic rings. The molecule has 0 amide bonds. The molecule has 9 nitrogen and oxygen atoms in total. The molecule has 42 heavy (non-hydrogen) atoms. The van der Waals surface area contributed by atoms with Crippen molar-refractivity contribution in [3.05, 3.63) is 62.6 Å². The summed E-state index contributed by atoms with van der Waals surface area (Å²) in [6, 6.07) is 9.49. The van der Waals surface area contributed by atoms with Gasteiger partial charge in [0, 0.05) is 52.6 Å². The number of thiazole rings is 1. The third kappa shape index (κ3) is 9.00. The van der Waals surface area contributed by atoms with Crippen LogP contribution in [-0.4, -0.2) is 51.1 Å². The number of anilines is 1. The summed E-state index contributed by atoms with van der Waals surface area (Å²) in [6.45, 7) is 4.64. The van der Waals surface area contributed by atoms with Crippen LogP contribution in [0.15, 0.2) is 51.9 Å². The number of aryl methyl sites for hydroxylation is 2. The molecule has 222 valence electrons. The van der Waals surface area contributed by atoms with Gasteiger partial charge in [0.05, 0.1) is 38.1 Å². The van der Waals surface area contributed by atoms with Crippen LogP contribution in [0.5, 0.6) is 5.75 Å². The minimum atomic E-state index is -4.34. The Morgan fingerprint density at radius 2 is 1.79 bits per heavy atom. The number of allylic oxidation sites excluding steroid dienone is 2. The average Bonchev–Trinajstić information content (AvgIpc) is 3.38. The number of ether oxygens (including phenoxy) is 1. The number of methoxy groups -OCH3 is 1. The van der Waals surface area contributed by atoms with Crippen molar-refractivity contribution in [2.45, 2.75) is 44.6 Å². The summed E-state index contributed by atoms with van der Waals surface area (Å²) in [7, 11) is -7.06. The van der Waals surface area contributed by atoms with Crippen molar-refractivity contribution in [3.8, 4) is 5.75 Å². The molecule has 0 spiro atoms. The first-order valence-corrected chi connectivity index (χ1v) is 18.0. The minimum absolute atomic E-state index is 0. The number of aromatic nitrogens is 1. The summed E-state index contributed by atoms with van der Waals surface area (Å²) < 4.78 is 76.0. The minimum Gasteiger partial charge on any atom is -0.748 e. The van der Waals surface area contributed by atoms with Gasteiger partial charge in [-0.05, 0) is 55.2 Å². The molecule has 3 aromatic rings. The molecule has 15 heteroatoms. The summed E-state index contributed by atoms with van der Waals surface area (Å²) in [4.78, 5) is 2.95. The van der Waals surface area contributed by atoms with Gasteiger partial charge < -0.3 is 18.7 Å². The predicted octanol–water partition coefficient (Wildman–Crippen LogP) is 2.28. The van der Waals surface area contributed by atoms with Crippen LogP contribution in [0.1, 0.15) is 36.8 Å². The molecule has 1 aromatic heterocycles. The van der Waals surface area contributed by atoms with E-state index in [2.05, 4.69) is 0 Å². The number of hydrogen-bond donors (Lipinski definition) is 0. The van der Waals surface area contributed by atoms with Crippen molar-refractivity contribution < 1.29 is 54.1 Å². The molecule has 0 atom stereocenters. The van der Waals surface area contributed by atoms with Gasteiger partial charge in [-0.2, -0.15) is 4.57 Å². The number of fused-ring (bicyclic) bond motifs is 2. The zero-order valence-electron chi connectivity index (χ0n) is 23.8. The number of rotatable bonds is 12. The molecule has 0 fully saturated rings. The van der Waals surface area contributed by atoms with Crippen LogP contribution in [0.2, 0.25) is 5.02 Å². The molecule has 0 radical (unpaired) electrons. The fourth-order valence-corrected chi connectivity index (χ4v) is 8.02. The fourth-order valence-electron chi connectivity index (χ4n) is 4.57. The van der Waals surface area contributed by atoms with Crippen molar-refractivity contribution in [1.82, 2.24) is 0 Å². The zero-order chi connectivity index (χ0) is 29.9. The van der Waals surface area contributed by atoms with E-state index in [1.165, 1.54) is 23.1 Å². The second-order valence-corrected chi connectivity index (χ2v) is 15.1. The molecule has 0 unspecified atom stereocenters. The van der Waals surface area contributed by atoms with Crippen LogP contribution in [0.4, 0.5) is 5.69 Å². The van der Waals surface area contributed by atoms with Crippen molar-refractivity contribution in [1.29, 1.82) is 0 Å². The molecule has 2 heterocycles. The Morgan fingerprint density at radius 1 is 1.10 bits per heavy atom. The van der Waals surface area contributed by atoms with Crippen LogP contribution in [0.3, 0.4) is 0 Å². The van der Waals surface area contributed by atoms with E-state index in [0.717, 1.165) is 47.7 Å². The third-order valence-electron chi connectivity index (χ3n) is 6.52. The van der Waals surface area contributed by atoms with E-state index in [0.29, 0.717) is 24.5 Å². The van der Waals surface area contributed by atoms with Crippen molar-refractivity contribution in [2.75, 3.05) is 30.1 Å². The molecule has 2 aromatic carbocycles. The maximum absolute atomic E-state index is 11.3. The normalized spacial score (nSPS) is 14.9. The Kier molecular flexibility index (Phi) is 12.1. The van der Waals surface area contributed by atoms with Gasteiger partial charge >= 0.3 is 18.9 Å². The topological polar surface area (TPSA) is 131 Å². The number of thioether (sulfide) groups is 1. The quantitative estimate of drug-likeness (QED) is 0.163. The van der Waals surface area contributed by atoms with E-state index < -0.39 is 31.7 Å². The number of nitrogens with zero attached hydrogens (tertiary/aromatic N) is 2. The Morgan fingerprint density at radius 3 is 2.43 bits per heavy atom. The average molecular weight is 665 g/mol. The molecule has 0 aliphatic carbocycles. The summed E-state index contributed by atoms with van der Waals surface area (Å²) in [5, 5.41) is 2.31. The van der Waals surface area contributed by atoms with Gasteiger partial charge in [0.2, 0.25) is 5.52 Å². The fraction of sp³-hybridized carbons (Fsp3) is 0.370. The monoisotopic (exact) mass is 664 g/mol. The van der Waals surface area contributed by atoms with Gasteiger partial charge in [-0.25, -0.2) is 16.8 Å². The van der Waals surface area contributed by atoms with Crippen LogP contribution < -0.4 is 33.1 Å². The maximum Gasteiger partial charge on any atom is 1.00 e. The van der Waals surface area contributed by atoms with E-state index in [1.54, 1.807) is 13.2 Å². The van der Waals surface area contributed by atoms with E-state index in [4.69, 9.17) is 16.3 Å². The van der Waals surface area contributed by atoms with E-state index in [9.17, 15) is 25.9 Å². The molecule has 0 N–H and O–H groups in total. The predicted molar refractivity (Wildman–Crippen MR) is 163 cm³/mol. The second kappa shape index (κ2) is 14.5. The van der Waals surface area contributed by atoms with Crippen LogP contribution in [0, 0.1) is 6.92 Å². The molecular weight excluding hydrogens is 635 g/mol. The van der Waals surface area contributed by atoms with Gasteiger partial charge in [-0.1, -0.05) is 41.6 Å². The van der Waals surface area contributed by atoms with Crippen LogP contribution >= 0.6 is 34.7 Å². The second-order valence-electron chi connectivity index (χ2n) is 9.53. The molecule has 0 saturated heterocycles. The zero-order valence-corrected chi connectivity index (χ0v) is 27.8. The van der Waals surface area contributed by atoms with Crippen molar-refractivity contribution in [2.24, 2.45) is 0 Å². The Labute approximate surface area is 272 Å². The van der Waals surface area contributed by atoms with Gasteiger partial charge in [-0.3, -0.25) is 0 Å². The summed E-state index contributed by atoms with van der Waals surface area (Å²) >= 11 is 9.34. The third-order valence-corrected chi connectivity index (χ3v) is 10.5. The van der Waals surface area contributed by atoms with E-state index in [-0.39, 0.29) is 31.7 Å². The van der Waals surface area contributed by atoms with Gasteiger partial charge in [-0.15, -0.1) is 0 Å². The first-order chi connectivity index (χ1) is 19.3. The summed E-state index contributed by atoms with van der Waals surface area (Å²) in [5.74, 6) is -0.167. The molecule has 0 saturated carbocycles. The summed E-state index contributed by atoms with van der Waals surface area (Å²) in [5.41, 5.74) is 3.69. The van der Waals surface area contributed by atoms with Crippen LogP contribution in [-0.2, 0) is 26.8 Å². The molecule has 0 bridgehead atoms. The Hall–Kier alpha value is -1.53. The number of hydrogen-bond acceptors (Lipinski definition) is 10. The van der Waals surface area contributed by atoms with E-state index >= 15 is 0 Å². The maximum atomic E-state index is 11.3. The first-order valence-electron chi connectivity index (χ1n) is 12.8. The SMILES string of the molecule is CCC(/C=C1\Sc2ccc(Cl)cc2N1CCCS(=O)(=O)[O-])=C\c1sc2cc(OC)c(C)cc2[n+]1CCCS(=O)(=O)[O-].[Li+]. The van der Waals surface area contributed by atoms with Crippen molar-refractivity contribution in [3.63, 3.8) is 0 Å². The molecule has 1 aliphatic heterocycles. The van der Waals surface area contributed by atoms with Gasteiger partial charge in [0.15, 0.2) is 6.54 Å². The van der Waals surface area contributed by atoms with Gasteiger partial charge in [0.1, 0.15) is 10.4 Å². The Bertz CT molecular complexity index is 1740. The van der Waals surface area contributed by atoms with E-state index in [1.807, 2.05) is 59.7 Å². The van der Waals surface area contributed by atoms with Gasteiger partial charge in [0.25, 0.3) is 5.01 Å². The number of benzene rings is 2. The first kappa shape index (κ1) is 35.0. The van der Waals surface area contributed by atoms with Crippen molar-refractivity contribution >= 4 is 76.9 Å². The Balaban J connectivity index is 0.00000484. The standard InChI is InChI=1S/C27H31ClN2O7S4.Li/c1-4-19(14-26-30(10-6-12-41(34,35)36)22-16-20(28)7-8-24(22)38-26)15-27-29(9-5-11-40(31,32)33)21-13-18(2)23(37-3)17-25(21)39-27;/h7-8,13-17H,4-6,9-12H2,1-3H3,(H-,31,32,33,34,35,36);/q;+1/p-1. The van der Waals surface area contributed by atoms with Crippen LogP contribution in [0.25, 0.3) is 16.3 Å². The summed E-state index contributed by atoms with van der Waals surface area (Å²) in [6.07, 6.45) is 5.10. The smallest absolute Gasteiger partial charge is 0.748 e. The number of halogens is 1. The molecule has 4 rings (SSSR count). The largest absolute Gasteiger partial charge is 1.00 e. The molecular formula is C27H30ClLiN2O7S4.